The first-order valence-corrected chi connectivity index (χ1v) is 4.86. The van der Waals surface area contributed by atoms with Gasteiger partial charge in [0.2, 0.25) is 5.91 Å². The van der Waals surface area contributed by atoms with Gasteiger partial charge in [-0.25, -0.2) is 0 Å². The quantitative estimate of drug-likeness (QED) is 0.593. The molecule has 1 heterocycles. The average Bonchev–Trinajstić information content (AvgIpc) is 2.30. The van der Waals surface area contributed by atoms with E-state index in [0.29, 0.717) is 5.75 Å². The Bertz CT molecular complexity index is 130. The van der Waals surface area contributed by atoms with Crippen molar-refractivity contribution in [3.05, 3.63) is 0 Å². The first kappa shape index (κ1) is 8.91. The zero-order valence-corrected chi connectivity index (χ0v) is 7.65. The lowest BCUT2D eigenvalue weighted by molar-refractivity contribution is -0.128. The summed E-state index contributed by atoms with van der Waals surface area (Å²) in [5.74, 6) is 0.551. The minimum Gasteiger partial charge on any atom is -0.342 e. The van der Waals surface area contributed by atoms with Gasteiger partial charge in [0.05, 0.1) is 5.75 Å². The van der Waals surface area contributed by atoms with Gasteiger partial charge in [0.25, 0.3) is 0 Å². The van der Waals surface area contributed by atoms with Crippen LogP contribution in [0.1, 0.15) is 25.7 Å². The molecule has 0 bridgehead atoms. The van der Waals surface area contributed by atoms with Crippen LogP contribution in [0, 0.1) is 0 Å². The first-order valence-electron chi connectivity index (χ1n) is 4.23. The number of thiol groups is 1. The van der Waals surface area contributed by atoms with E-state index in [-0.39, 0.29) is 5.91 Å². The third-order valence-corrected chi connectivity index (χ3v) is 2.36. The molecule has 1 aliphatic heterocycles. The van der Waals surface area contributed by atoms with Crippen LogP contribution in [-0.4, -0.2) is 29.6 Å². The fourth-order valence-electron chi connectivity index (χ4n) is 1.42. The molecular weight excluding hydrogens is 158 g/mol. The maximum Gasteiger partial charge on any atom is 0.232 e. The average molecular weight is 173 g/mol. The normalized spacial score (nSPS) is 19.5. The Morgan fingerprint density at radius 2 is 1.73 bits per heavy atom. The van der Waals surface area contributed by atoms with Gasteiger partial charge in [-0.3, -0.25) is 4.79 Å². The topological polar surface area (TPSA) is 20.3 Å². The van der Waals surface area contributed by atoms with E-state index in [9.17, 15) is 4.79 Å². The van der Waals surface area contributed by atoms with Crippen molar-refractivity contribution in [2.75, 3.05) is 18.8 Å². The van der Waals surface area contributed by atoms with Crippen molar-refractivity contribution in [1.82, 2.24) is 4.90 Å². The summed E-state index contributed by atoms with van der Waals surface area (Å²) >= 11 is 3.97. The third kappa shape index (κ3) is 2.73. The molecule has 1 saturated heterocycles. The lowest BCUT2D eigenvalue weighted by Crippen LogP contribution is -2.32. The zero-order chi connectivity index (χ0) is 8.10. The van der Waals surface area contributed by atoms with Crippen LogP contribution in [0.3, 0.4) is 0 Å². The molecule has 64 valence electrons. The minimum absolute atomic E-state index is 0.190. The SMILES string of the molecule is O=C(CS)N1CCCCCC1. The molecule has 1 aliphatic rings. The van der Waals surface area contributed by atoms with E-state index in [1.165, 1.54) is 25.7 Å². The number of carbonyl (C=O) groups excluding carboxylic acids is 1. The van der Waals surface area contributed by atoms with Gasteiger partial charge in [0.1, 0.15) is 0 Å². The summed E-state index contributed by atoms with van der Waals surface area (Å²) in [4.78, 5) is 13.1. The van der Waals surface area contributed by atoms with Crippen molar-refractivity contribution in [3.63, 3.8) is 0 Å². The smallest absolute Gasteiger partial charge is 0.232 e. The Morgan fingerprint density at radius 1 is 1.18 bits per heavy atom. The molecule has 0 aromatic carbocycles. The van der Waals surface area contributed by atoms with Gasteiger partial charge in [0, 0.05) is 13.1 Å². The Morgan fingerprint density at radius 3 is 2.18 bits per heavy atom. The van der Waals surface area contributed by atoms with Gasteiger partial charge in [0.15, 0.2) is 0 Å². The van der Waals surface area contributed by atoms with Crippen LogP contribution in [0.5, 0.6) is 0 Å². The summed E-state index contributed by atoms with van der Waals surface area (Å²) in [6.45, 7) is 1.89. The molecule has 1 fully saturated rings. The monoisotopic (exact) mass is 173 g/mol. The maximum absolute atomic E-state index is 11.2. The lowest BCUT2D eigenvalue weighted by Gasteiger charge is -2.18. The van der Waals surface area contributed by atoms with Crippen molar-refractivity contribution < 1.29 is 4.79 Å². The molecule has 11 heavy (non-hydrogen) atoms. The van der Waals surface area contributed by atoms with Crippen LogP contribution < -0.4 is 0 Å². The largest absolute Gasteiger partial charge is 0.342 e. The zero-order valence-electron chi connectivity index (χ0n) is 6.75. The van der Waals surface area contributed by atoms with Gasteiger partial charge in [-0.05, 0) is 12.8 Å². The van der Waals surface area contributed by atoms with E-state index < -0.39 is 0 Å². The second-order valence-electron chi connectivity index (χ2n) is 2.95. The second-order valence-corrected chi connectivity index (χ2v) is 3.27. The summed E-state index contributed by atoms with van der Waals surface area (Å²) in [7, 11) is 0. The fraction of sp³-hybridized carbons (Fsp3) is 0.875. The predicted molar refractivity (Wildman–Crippen MR) is 48.9 cm³/mol. The van der Waals surface area contributed by atoms with Gasteiger partial charge in [-0.2, -0.15) is 12.6 Å². The number of hydrogen-bond acceptors (Lipinski definition) is 2. The Hall–Kier alpha value is -0.180. The molecule has 1 rings (SSSR count). The second kappa shape index (κ2) is 4.65. The third-order valence-electron chi connectivity index (χ3n) is 2.09. The van der Waals surface area contributed by atoms with Crippen LogP contribution in [0.15, 0.2) is 0 Å². The molecule has 0 atom stereocenters. The highest BCUT2D eigenvalue weighted by Crippen LogP contribution is 2.09. The van der Waals surface area contributed by atoms with Gasteiger partial charge in [-0.1, -0.05) is 12.8 Å². The van der Waals surface area contributed by atoms with Gasteiger partial charge >= 0.3 is 0 Å². The van der Waals surface area contributed by atoms with E-state index in [0.717, 1.165) is 13.1 Å². The highest BCUT2D eigenvalue weighted by Gasteiger charge is 2.12. The standard InChI is InChI=1S/C8H15NOS/c10-8(7-11)9-5-3-1-2-4-6-9/h11H,1-7H2. The van der Waals surface area contributed by atoms with E-state index in [4.69, 9.17) is 0 Å². The number of carbonyl (C=O) groups is 1. The van der Waals surface area contributed by atoms with E-state index in [2.05, 4.69) is 12.6 Å². The van der Waals surface area contributed by atoms with E-state index in [1.54, 1.807) is 0 Å². The van der Waals surface area contributed by atoms with Crippen molar-refractivity contribution in [1.29, 1.82) is 0 Å². The van der Waals surface area contributed by atoms with Crippen LogP contribution in [0.25, 0.3) is 0 Å². The summed E-state index contributed by atoms with van der Waals surface area (Å²) in [5.41, 5.74) is 0. The number of likely N-dealkylation sites (tertiary alicyclic amines) is 1. The molecule has 0 spiro atoms. The molecule has 3 heteroatoms. The predicted octanol–water partition coefficient (Wildman–Crippen LogP) is 1.32. The molecule has 0 unspecified atom stereocenters. The molecule has 0 radical (unpaired) electrons. The fourth-order valence-corrected chi connectivity index (χ4v) is 1.62. The van der Waals surface area contributed by atoms with Crippen molar-refractivity contribution >= 4 is 18.5 Å². The summed E-state index contributed by atoms with van der Waals surface area (Å²) < 4.78 is 0. The Kier molecular flexibility index (Phi) is 3.77. The van der Waals surface area contributed by atoms with Crippen LogP contribution in [-0.2, 0) is 4.79 Å². The van der Waals surface area contributed by atoms with Gasteiger partial charge in [-0.15, -0.1) is 0 Å². The van der Waals surface area contributed by atoms with Crippen molar-refractivity contribution in [3.8, 4) is 0 Å². The number of rotatable bonds is 1. The van der Waals surface area contributed by atoms with E-state index >= 15 is 0 Å². The molecule has 0 saturated carbocycles. The summed E-state index contributed by atoms with van der Waals surface area (Å²) in [6.07, 6.45) is 4.88. The highest BCUT2D eigenvalue weighted by molar-refractivity contribution is 7.81. The molecule has 0 aliphatic carbocycles. The first-order chi connectivity index (χ1) is 5.34. The molecule has 0 aromatic heterocycles. The lowest BCUT2D eigenvalue weighted by atomic mass is 10.2. The molecule has 1 amide bonds. The van der Waals surface area contributed by atoms with E-state index in [1.807, 2.05) is 4.90 Å². The number of nitrogens with zero attached hydrogens (tertiary/aromatic N) is 1. The van der Waals surface area contributed by atoms with Crippen LogP contribution in [0.2, 0.25) is 0 Å². The minimum atomic E-state index is 0.190. The maximum atomic E-state index is 11.2. The highest BCUT2D eigenvalue weighted by atomic mass is 32.1. The molecular formula is C8H15NOS. The van der Waals surface area contributed by atoms with Crippen molar-refractivity contribution in [2.45, 2.75) is 25.7 Å². The molecule has 0 N–H and O–H groups in total. The summed E-state index contributed by atoms with van der Waals surface area (Å²) in [6, 6.07) is 0. The van der Waals surface area contributed by atoms with Crippen molar-refractivity contribution in [2.24, 2.45) is 0 Å². The van der Waals surface area contributed by atoms with Crippen LogP contribution >= 0.6 is 12.6 Å². The number of hydrogen-bond donors (Lipinski definition) is 1. The molecule has 2 nitrogen and oxygen atoms in total. The van der Waals surface area contributed by atoms with Gasteiger partial charge < -0.3 is 4.90 Å². The summed E-state index contributed by atoms with van der Waals surface area (Å²) in [5, 5.41) is 0. The number of amides is 1. The molecule has 0 aromatic rings. The Labute approximate surface area is 73.4 Å². The Balaban J connectivity index is 2.36. The van der Waals surface area contributed by atoms with Crippen LogP contribution in [0.4, 0.5) is 0 Å².